The molecule has 4 aromatic rings. The molecule has 2 amide bonds. The quantitative estimate of drug-likeness (QED) is 0.372. The zero-order chi connectivity index (χ0) is 22.3. The number of nitrogens with zero attached hydrogens (tertiary/aromatic N) is 1. The van der Waals surface area contributed by atoms with Gasteiger partial charge in [0.15, 0.2) is 5.78 Å². The maximum Gasteiger partial charge on any atom is 0.319 e. The van der Waals surface area contributed by atoms with Gasteiger partial charge in [0.25, 0.3) is 0 Å². The third kappa shape index (κ3) is 5.38. The molecule has 0 unspecified atom stereocenters. The van der Waals surface area contributed by atoms with Crippen molar-refractivity contribution in [3.8, 4) is 0 Å². The fraction of sp³-hybridized carbons (Fsp3) is 0.148. The predicted octanol–water partition coefficient (Wildman–Crippen LogP) is 5.74. The average Bonchev–Trinajstić information content (AvgIpc) is 2.83. The van der Waals surface area contributed by atoms with E-state index in [9.17, 15) is 9.59 Å². The highest BCUT2D eigenvalue weighted by Gasteiger charge is 2.07. The van der Waals surface area contributed by atoms with E-state index in [0.29, 0.717) is 18.7 Å². The van der Waals surface area contributed by atoms with Crippen molar-refractivity contribution in [2.75, 3.05) is 5.32 Å². The Hall–Kier alpha value is -3.99. The van der Waals surface area contributed by atoms with Crippen LogP contribution >= 0.6 is 0 Å². The fourth-order valence-corrected chi connectivity index (χ4v) is 3.55. The molecule has 0 fully saturated rings. The molecule has 0 radical (unpaired) electrons. The average molecular weight is 424 g/mol. The Bertz CT molecular complexity index is 1250. The maximum atomic E-state index is 12.3. The summed E-state index contributed by atoms with van der Waals surface area (Å²) in [6.07, 6.45) is 2.86. The van der Waals surface area contributed by atoms with Crippen molar-refractivity contribution < 1.29 is 9.59 Å². The van der Waals surface area contributed by atoms with Crippen LogP contribution in [0.15, 0.2) is 85.1 Å². The van der Waals surface area contributed by atoms with Gasteiger partial charge in [0.05, 0.1) is 0 Å². The lowest BCUT2D eigenvalue weighted by Crippen LogP contribution is -2.28. The number of urea groups is 1. The summed E-state index contributed by atoms with van der Waals surface area (Å²) >= 11 is 0. The number of amides is 2. The number of rotatable bonds is 7. The number of carbonyl (C=O) groups is 2. The van der Waals surface area contributed by atoms with E-state index in [-0.39, 0.29) is 11.8 Å². The second-order valence-corrected chi connectivity index (χ2v) is 7.69. The zero-order valence-electron chi connectivity index (χ0n) is 18.0. The van der Waals surface area contributed by atoms with Crippen LogP contribution < -0.4 is 10.6 Å². The summed E-state index contributed by atoms with van der Waals surface area (Å²) < 4.78 is 0. The van der Waals surface area contributed by atoms with Crippen LogP contribution in [0.1, 0.15) is 40.5 Å². The van der Waals surface area contributed by atoms with Crippen LogP contribution in [-0.4, -0.2) is 16.8 Å². The molecule has 160 valence electrons. The van der Waals surface area contributed by atoms with Gasteiger partial charge in [-0.2, -0.15) is 0 Å². The number of ketones is 1. The molecule has 4 rings (SSSR count). The Balaban J connectivity index is 1.31. The van der Waals surface area contributed by atoms with Crippen LogP contribution in [0, 0.1) is 0 Å². The van der Waals surface area contributed by atoms with Crippen molar-refractivity contribution in [1.82, 2.24) is 10.3 Å². The first kappa shape index (κ1) is 21.2. The summed E-state index contributed by atoms with van der Waals surface area (Å²) in [4.78, 5) is 28.3. The molecule has 2 N–H and O–H groups in total. The highest BCUT2D eigenvalue weighted by molar-refractivity contribution is 5.94. The van der Waals surface area contributed by atoms with Crippen molar-refractivity contribution >= 4 is 28.3 Å². The number of fused-ring (bicyclic) bond motifs is 1. The van der Waals surface area contributed by atoms with Crippen molar-refractivity contribution in [1.29, 1.82) is 0 Å². The van der Waals surface area contributed by atoms with E-state index in [4.69, 9.17) is 0 Å². The van der Waals surface area contributed by atoms with Gasteiger partial charge >= 0.3 is 6.03 Å². The largest absolute Gasteiger partial charge is 0.334 e. The molecule has 0 saturated heterocycles. The van der Waals surface area contributed by atoms with Crippen molar-refractivity contribution in [3.63, 3.8) is 0 Å². The summed E-state index contributed by atoms with van der Waals surface area (Å²) in [7, 11) is 0. The Morgan fingerprint density at radius 2 is 1.56 bits per heavy atom. The van der Waals surface area contributed by atoms with E-state index in [1.165, 1.54) is 0 Å². The Kier molecular flexibility index (Phi) is 6.56. The first-order chi connectivity index (χ1) is 15.6. The molecule has 0 spiro atoms. The number of Topliss-reactive ketones (excluding diaryl/α,β-unsaturated/α-hetero) is 1. The normalized spacial score (nSPS) is 10.7. The van der Waals surface area contributed by atoms with Gasteiger partial charge in [-0.25, -0.2) is 4.79 Å². The molecule has 3 aromatic carbocycles. The van der Waals surface area contributed by atoms with Gasteiger partial charge in [0.1, 0.15) is 5.69 Å². The molecule has 0 aliphatic rings. The summed E-state index contributed by atoms with van der Waals surface area (Å²) in [6, 6.07) is 25.5. The molecule has 1 heterocycles. The van der Waals surface area contributed by atoms with Crippen LogP contribution in [0.2, 0.25) is 0 Å². The number of nitrogens with one attached hydrogen (secondary N) is 2. The van der Waals surface area contributed by atoms with E-state index in [0.717, 1.165) is 39.6 Å². The minimum absolute atomic E-state index is 0.0511. The fourth-order valence-electron chi connectivity index (χ4n) is 3.55. The molecule has 0 aliphatic carbocycles. The molecule has 5 nitrogen and oxygen atoms in total. The first-order valence-corrected chi connectivity index (χ1v) is 10.7. The van der Waals surface area contributed by atoms with Crippen molar-refractivity contribution in [2.45, 2.75) is 26.3 Å². The number of hydrogen-bond acceptors (Lipinski definition) is 3. The minimum atomic E-state index is -0.241. The Morgan fingerprint density at radius 1 is 0.812 bits per heavy atom. The van der Waals surface area contributed by atoms with E-state index >= 15 is 0 Å². The lowest BCUT2D eigenvalue weighted by molar-refractivity contribution is 0.0983. The molecular formula is C27H25N3O2. The van der Waals surface area contributed by atoms with Gasteiger partial charge in [-0.3, -0.25) is 9.78 Å². The Morgan fingerprint density at radius 3 is 2.34 bits per heavy atom. The lowest BCUT2D eigenvalue weighted by Gasteiger charge is -2.09. The van der Waals surface area contributed by atoms with E-state index < -0.39 is 0 Å². The summed E-state index contributed by atoms with van der Waals surface area (Å²) in [5.74, 6) is 0.0511. The second kappa shape index (κ2) is 9.88. The number of carbonyl (C=O) groups excluding carboxylic acids is 2. The van der Waals surface area contributed by atoms with Gasteiger partial charge in [-0.05, 0) is 58.1 Å². The molecule has 1 aromatic heterocycles. The summed E-state index contributed by atoms with van der Waals surface area (Å²) in [6.45, 7) is 2.27. The lowest BCUT2D eigenvalue weighted by atomic mass is 10.0. The molecule has 0 aliphatic heterocycles. The monoisotopic (exact) mass is 423 g/mol. The zero-order valence-corrected chi connectivity index (χ0v) is 18.0. The van der Waals surface area contributed by atoms with E-state index in [1.807, 2.05) is 85.8 Å². The highest BCUT2D eigenvalue weighted by Crippen LogP contribution is 2.19. The Labute approximate surface area is 187 Å². The topological polar surface area (TPSA) is 71.1 Å². The third-order valence-corrected chi connectivity index (χ3v) is 5.32. The molecule has 32 heavy (non-hydrogen) atoms. The number of pyridine rings is 1. The SMILES string of the molecule is CCC(=O)c1cc(Cc2ccc(CNC(=O)Nc3ccc4ccccc4c3)cc2)ccn1. The molecule has 5 heteroatoms. The van der Waals surface area contributed by atoms with Crippen molar-refractivity contribution in [3.05, 3.63) is 107 Å². The summed E-state index contributed by atoms with van der Waals surface area (Å²) in [5.41, 5.74) is 4.48. The number of benzene rings is 3. The standard InChI is InChI=1S/C27H25N3O2/c1-2-26(31)25-16-21(13-14-28-25)15-19-7-9-20(10-8-19)18-29-27(32)30-24-12-11-22-5-3-4-6-23(22)17-24/h3-14,16-17H,2,15,18H2,1H3,(H2,29,30,32). The molecule has 0 bridgehead atoms. The highest BCUT2D eigenvalue weighted by atomic mass is 16.2. The summed E-state index contributed by atoms with van der Waals surface area (Å²) in [5, 5.41) is 8.00. The number of anilines is 1. The van der Waals surface area contributed by atoms with Gasteiger partial charge in [0, 0.05) is 24.8 Å². The van der Waals surface area contributed by atoms with E-state index in [2.05, 4.69) is 15.6 Å². The van der Waals surface area contributed by atoms with Crippen LogP contribution in [0.4, 0.5) is 10.5 Å². The third-order valence-electron chi connectivity index (χ3n) is 5.32. The van der Waals surface area contributed by atoms with Gasteiger partial charge in [0.2, 0.25) is 0 Å². The van der Waals surface area contributed by atoms with Gasteiger partial charge in [-0.1, -0.05) is 61.5 Å². The van der Waals surface area contributed by atoms with Crippen LogP contribution in [0.5, 0.6) is 0 Å². The minimum Gasteiger partial charge on any atom is -0.334 e. The van der Waals surface area contributed by atoms with Crippen molar-refractivity contribution in [2.24, 2.45) is 0 Å². The predicted molar refractivity (Wildman–Crippen MR) is 128 cm³/mol. The van der Waals surface area contributed by atoms with Gasteiger partial charge < -0.3 is 10.6 Å². The van der Waals surface area contributed by atoms with Crippen LogP contribution in [-0.2, 0) is 13.0 Å². The van der Waals surface area contributed by atoms with Crippen LogP contribution in [0.3, 0.4) is 0 Å². The van der Waals surface area contributed by atoms with Gasteiger partial charge in [-0.15, -0.1) is 0 Å². The number of hydrogen-bond donors (Lipinski definition) is 2. The molecule has 0 atom stereocenters. The second-order valence-electron chi connectivity index (χ2n) is 7.69. The van der Waals surface area contributed by atoms with Crippen LogP contribution in [0.25, 0.3) is 10.8 Å². The van der Waals surface area contributed by atoms with E-state index in [1.54, 1.807) is 6.20 Å². The molecule has 0 saturated carbocycles. The first-order valence-electron chi connectivity index (χ1n) is 10.7. The maximum absolute atomic E-state index is 12.3. The smallest absolute Gasteiger partial charge is 0.319 e. The number of aromatic nitrogens is 1. The molecular weight excluding hydrogens is 398 g/mol.